The third-order valence-electron chi connectivity index (χ3n) is 7.06. The van der Waals surface area contributed by atoms with Crippen LogP contribution in [0.3, 0.4) is 0 Å². The molecule has 1 aromatic carbocycles. The minimum atomic E-state index is -0.338. The van der Waals surface area contributed by atoms with Crippen LogP contribution in [0, 0.1) is 17.8 Å². The van der Waals surface area contributed by atoms with Crippen LogP contribution in [0.5, 0.6) is 11.5 Å². The number of benzene rings is 1. The molecule has 3 aliphatic carbocycles. The Labute approximate surface area is 176 Å². The van der Waals surface area contributed by atoms with Gasteiger partial charge in [-0.15, -0.1) is 0 Å². The van der Waals surface area contributed by atoms with Gasteiger partial charge >= 0.3 is 0 Å². The van der Waals surface area contributed by atoms with E-state index in [4.69, 9.17) is 9.47 Å². The molecule has 2 atom stereocenters. The number of carbonyl (C=O) groups is 1. The van der Waals surface area contributed by atoms with Crippen LogP contribution in [0.25, 0.3) is 5.69 Å². The fourth-order valence-electron chi connectivity index (χ4n) is 5.34. The molecule has 2 unspecified atom stereocenters. The second kappa shape index (κ2) is 7.56. The predicted molar refractivity (Wildman–Crippen MR) is 113 cm³/mol. The molecule has 2 bridgehead atoms. The summed E-state index contributed by atoms with van der Waals surface area (Å²) in [6, 6.07) is 7.04. The van der Waals surface area contributed by atoms with Gasteiger partial charge in [-0.3, -0.25) is 9.59 Å². The van der Waals surface area contributed by atoms with Crippen molar-refractivity contribution in [2.45, 2.75) is 50.9 Å². The van der Waals surface area contributed by atoms with E-state index in [-0.39, 0.29) is 17.3 Å². The van der Waals surface area contributed by atoms with E-state index < -0.39 is 0 Å². The second-order valence-electron chi connectivity index (χ2n) is 9.09. The van der Waals surface area contributed by atoms with E-state index >= 15 is 0 Å². The number of aromatic nitrogens is 2. The Morgan fingerprint density at radius 2 is 1.67 bits per heavy atom. The van der Waals surface area contributed by atoms with Crippen LogP contribution < -0.4 is 15.0 Å². The molecular formula is C24H28N2O4. The Balaban J connectivity index is 1.56. The number of ketones is 1. The standard InChI is InChI=1S/C24H28N2O4/c1-29-21-8-7-18(12-22(21)30-2)26-24(28)19(13-20(25-26)16-5-6-16)23(27)17-10-14-3-4-15(9-14)11-17/h7-8,12-17H,3-6,9-11H2,1-2H3. The summed E-state index contributed by atoms with van der Waals surface area (Å²) >= 11 is 0. The lowest BCUT2D eigenvalue weighted by atomic mass is 9.77. The number of Topliss-reactive ketones (excluding diaryl/α,β-unsaturated/α-hetero) is 1. The van der Waals surface area contributed by atoms with Crippen LogP contribution in [0.2, 0.25) is 0 Å². The number of hydrogen-bond acceptors (Lipinski definition) is 5. The quantitative estimate of drug-likeness (QED) is 0.672. The first-order valence-corrected chi connectivity index (χ1v) is 11.0. The van der Waals surface area contributed by atoms with Crippen LogP contribution in [0.4, 0.5) is 0 Å². The SMILES string of the molecule is COc1ccc(-n2nc(C3CC3)cc(C(=O)C3CC4CCC(C4)C3)c2=O)cc1OC. The van der Waals surface area contributed by atoms with Crippen LogP contribution >= 0.6 is 0 Å². The monoisotopic (exact) mass is 408 g/mol. The van der Waals surface area contributed by atoms with Crippen molar-refractivity contribution in [1.82, 2.24) is 9.78 Å². The molecule has 1 heterocycles. The number of fused-ring (bicyclic) bond motifs is 2. The molecule has 3 aliphatic rings. The molecule has 0 aliphatic heterocycles. The number of rotatable bonds is 6. The highest BCUT2D eigenvalue weighted by Gasteiger charge is 2.38. The van der Waals surface area contributed by atoms with Gasteiger partial charge in [0.2, 0.25) is 0 Å². The zero-order chi connectivity index (χ0) is 20.8. The summed E-state index contributed by atoms with van der Waals surface area (Å²) in [6.45, 7) is 0. The summed E-state index contributed by atoms with van der Waals surface area (Å²) in [4.78, 5) is 26.8. The van der Waals surface area contributed by atoms with Crippen LogP contribution in [-0.2, 0) is 0 Å². The van der Waals surface area contributed by atoms with Crippen molar-refractivity contribution in [1.29, 1.82) is 0 Å². The minimum Gasteiger partial charge on any atom is -0.493 e. The maximum atomic E-state index is 13.5. The molecule has 6 nitrogen and oxygen atoms in total. The Bertz CT molecular complexity index is 1030. The first-order chi connectivity index (χ1) is 14.6. The van der Waals surface area contributed by atoms with Gasteiger partial charge in [0.05, 0.1) is 31.2 Å². The van der Waals surface area contributed by atoms with Crippen LogP contribution in [-0.4, -0.2) is 29.8 Å². The molecule has 0 amide bonds. The first-order valence-electron chi connectivity index (χ1n) is 11.0. The summed E-state index contributed by atoms with van der Waals surface area (Å²) in [7, 11) is 3.13. The largest absolute Gasteiger partial charge is 0.493 e. The van der Waals surface area contributed by atoms with E-state index in [9.17, 15) is 9.59 Å². The second-order valence-corrected chi connectivity index (χ2v) is 9.09. The van der Waals surface area contributed by atoms with Gasteiger partial charge < -0.3 is 9.47 Å². The summed E-state index contributed by atoms with van der Waals surface area (Å²) < 4.78 is 12.1. The summed E-state index contributed by atoms with van der Waals surface area (Å²) in [5, 5.41) is 4.62. The van der Waals surface area contributed by atoms with Gasteiger partial charge in [0, 0.05) is 17.9 Å². The molecule has 158 valence electrons. The molecule has 0 N–H and O–H groups in total. The van der Waals surface area contributed by atoms with E-state index in [2.05, 4.69) is 5.10 Å². The molecule has 3 fully saturated rings. The van der Waals surface area contributed by atoms with Gasteiger partial charge in [-0.05, 0) is 62.1 Å². The Morgan fingerprint density at radius 3 is 2.30 bits per heavy atom. The molecular weight excluding hydrogens is 380 g/mol. The summed E-state index contributed by atoms with van der Waals surface area (Å²) in [5.41, 5.74) is 1.38. The zero-order valence-corrected chi connectivity index (χ0v) is 17.6. The van der Waals surface area contributed by atoms with Crippen molar-refractivity contribution in [3.8, 4) is 17.2 Å². The van der Waals surface area contributed by atoms with E-state index in [0.29, 0.717) is 40.5 Å². The predicted octanol–water partition coefficient (Wildman–Crippen LogP) is 4.14. The normalized spacial score (nSPS) is 25.2. The van der Waals surface area contributed by atoms with Crippen molar-refractivity contribution < 1.29 is 14.3 Å². The van der Waals surface area contributed by atoms with Gasteiger partial charge in [-0.1, -0.05) is 12.8 Å². The van der Waals surface area contributed by atoms with Gasteiger partial charge in [0.15, 0.2) is 17.3 Å². The topological polar surface area (TPSA) is 70.4 Å². The minimum absolute atomic E-state index is 0.00938. The van der Waals surface area contributed by atoms with Gasteiger partial charge in [0.25, 0.3) is 5.56 Å². The number of hydrogen-bond donors (Lipinski definition) is 0. The lowest BCUT2D eigenvalue weighted by Gasteiger charge is -2.26. The molecule has 5 rings (SSSR count). The molecule has 6 heteroatoms. The molecule has 2 aromatic rings. The highest BCUT2D eigenvalue weighted by molar-refractivity contribution is 5.97. The summed E-state index contributed by atoms with van der Waals surface area (Å²) in [5.74, 6) is 2.73. The van der Waals surface area contributed by atoms with E-state index in [0.717, 1.165) is 31.4 Å². The maximum absolute atomic E-state index is 13.5. The number of ether oxygens (including phenoxy) is 2. The average molecular weight is 408 g/mol. The van der Waals surface area contributed by atoms with Crippen molar-refractivity contribution in [3.05, 3.63) is 45.9 Å². The molecule has 0 spiro atoms. The van der Waals surface area contributed by atoms with E-state index in [1.165, 1.54) is 23.9 Å². The Hall–Kier alpha value is -2.63. The third kappa shape index (κ3) is 3.42. The van der Waals surface area contributed by atoms with Crippen molar-refractivity contribution >= 4 is 5.78 Å². The highest BCUT2D eigenvalue weighted by Crippen LogP contribution is 2.45. The number of nitrogens with zero attached hydrogens (tertiary/aromatic N) is 2. The maximum Gasteiger partial charge on any atom is 0.282 e. The highest BCUT2D eigenvalue weighted by atomic mass is 16.5. The van der Waals surface area contributed by atoms with Gasteiger partial charge in [0.1, 0.15) is 0 Å². The third-order valence-corrected chi connectivity index (χ3v) is 7.06. The fraction of sp³-hybridized carbons (Fsp3) is 0.542. The Morgan fingerprint density at radius 1 is 0.967 bits per heavy atom. The van der Waals surface area contributed by atoms with Gasteiger partial charge in [-0.2, -0.15) is 9.78 Å². The van der Waals surface area contributed by atoms with Crippen molar-refractivity contribution in [2.24, 2.45) is 17.8 Å². The van der Waals surface area contributed by atoms with Crippen molar-refractivity contribution in [2.75, 3.05) is 14.2 Å². The number of carbonyl (C=O) groups excluding carboxylic acids is 1. The van der Waals surface area contributed by atoms with Gasteiger partial charge in [-0.25, -0.2) is 0 Å². The molecule has 30 heavy (non-hydrogen) atoms. The lowest BCUT2D eigenvalue weighted by Crippen LogP contribution is -2.33. The number of methoxy groups -OCH3 is 2. The van der Waals surface area contributed by atoms with Crippen LogP contribution in [0.1, 0.15) is 66.9 Å². The van der Waals surface area contributed by atoms with Crippen LogP contribution in [0.15, 0.2) is 29.1 Å². The fourth-order valence-corrected chi connectivity index (χ4v) is 5.34. The van der Waals surface area contributed by atoms with E-state index in [1.807, 2.05) is 0 Å². The molecule has 0 radical (unpaired) electrons. The molecule has 1 aromatic heterocycles. The zero-order valence-electron chi connectivity index (χ0n) is 17.6. The summed E-state index contributed by atoms with van der Waals surface area (Å²) in [6.07, 6.45) is 7.67. The average Bonchev–Trinajstić information content (AvgIpc) is 3.57. The Kier molecular flexibility index (Phi) is 4.88. The lowest BCUT2D eigenvalue weighted by molar-refractivity contribution is 0.0855. The smallest absolute Gasteiger partial charge is 0.282 e. The van der Waals surface area contributed by atoms with E-state index in [1.54, 1.807) is 38.5 Å². The first kappa shape index (κ1) is 19.3. The molecule has 0 saturated heterocycles. The molecule has 3 saturated carbocycles. The van der Waals surface area contributed by atoms with Crippen molar-refractivity contribution in [3.63, 3.8) is 0 Å².